The Bertz CT molecular complexity index is 580. The zero-order valence-corrected chi connectivity index (χ0v) is 13.9. The summed E-state index contributed by atoms with van der Waals surface area (Å²) >= 11 is 0. The number of aromatic nitrogens is 1. The Hall–Kier alpha value is -1.61. The maximum Gasteiger partial charge on any atom is 0.166 e. The number of nitrogens with one attached hydrogen (secondary N) is 1. The van der Waals surface area contributed by atoms with Crippen molar-refractivity contribution in [3.8, 4) is 0 Å². The first-order valence-electron chi connectivity index (χ1n) is 8.58. The van der Waals surface area contributed by atoms with Gasteiger partial charge in [0.1, 0.15) is 0 Å². The molecule has 1 aromatic heterocycles. The lowest BCUT2D eigenvalue weighted by Crippen LogP contribution is -2.28. The number of carbonyl (C=O) groups is 1. The van der Waals surface area contributed by atoms with E-state index in [2.05, 4.69) is 23.7 Å². The average molecular weight is 300 g/mol. The summed E-state index contributed by atoms with van der Waals surface area (Å²) in [6.07, 6.45) is 7.30. The molecule has 1 heterocycles. The Balaban J connectivity index is 1.95. The number of fused-ring (bicyclic) bond motifs is 1. The van der Waals surface area contributed by atoms with Gasteiger partial charge in [-0.1, -0.05) is 44.9 Å². The number of hydrogen-bond donors (Lipinski definition) is 1. The highest BCUT2D eigenvalue weighted by Gasteiger charge is 2.13. The number of hydrogen-bond acceptors (Lipinski definition) is 2. The number of aromatic amines is 1. The Morgan fingerprint density at radius 3 is 2.41 bits per heavy atom. The van der Waals surface area contributed by atoms with E-state index in [0.29, 0.717) is 6.42 Å². The molecule has 1 N–H and O–H groups in total. The second-order valence-electron chi connectivity index (χ2n) is 5.97. The monoisotopic (exact) mass is 300 g/mol. The van der Waals surface area contributed by atoms with E-state index >= 15 is 0 Å². The summed E-state index contributed by atoms with van der Waals surface area (Å²) in [5, 5.41) is 1.04. The van der Waals surface area contributed by atoms with Crippen molar-refractivity contribution >= 4 is 16.7 Å². The maximum atomic E-state index is 12.5. The number of ketones is 1. The van der Waals surface area contributed by atoms with Crippen LogP contribution in [0.4, 0.5) is 0 Å². The summed E-state index contributed by atoms with van der Waals surface area (Å²) in [4.78, 5) is 18.2. The largest absolute Gasteiger partial charge is 0.360 e. The minimum atomic E-state index is 0.246. The van der Waals surface area contributed by atoms with Crippen LogP contribution in [0.3, 0.4) is 0 Å². The average Bonchev–Trinajstić information content (AvgIpc) is 2.98. The molecule has 2 aromatic rings. The summed E-state index contributed by atoms with van der Waals surface area (Å²) in [6, 6.07) is 8.01. The van der Waals surface area contributed by atoms with Crippen LogP contribution < -0.4 is 0 Å². The lowest BCUT2D eigenvalue weighted by atomic mass is 10.1. The third-order valence-electron chi connectivity index (χ3n) is 4.20. The van der Waals surface area contributed by atoms with Crippen molar-refractivity contribution in [2.24, 2.45) is 0 Å². The van der Waals surface area contributed by atoms with Crippen molar-refractivity contribution in [1.29, 1.82) is 0 Å². The quantitative estimate of drug-likeness (QED) is 0.649. The molecule has 0 aliphatic rings. The Labute approximate surface area is 133 Å². The molecule has 0 saturated heterocycles. The van der Waals surface area contributed by atoms with Crippen molar-refractivity contribution in [2.45, 2.75) is 46.0 Å². The third kappa shape index (κ3) is 4.44. The summed E-state index contributed by atoms with van der Waals surface area (Å²) in [7, 11) is 0. The highest BCUT2D eigenvalue weighted by molar-refractivity contribution is 6.07. The molecule has 3 nitrogen and oxygen atoms in total. The summed E-state index contributed by atoms with van der Waals surface area (Å²) in [5.74, 6) is 0.246. The van der Waals surface area contributed by atoms with Crippen LogP contribution in [0.5, 0.6) is 0 Å². The summed E-state index contributed by atoms with van der Waals surface area (Å²) in [5.41, 5.74) is 1.88. The lowest BCUT2D eigenvalue weighted by molar-refractivity contribution is 0.0965. The van der Waals surface area contributed by atoms with E-state index in [-0.39, 0.29) is 5.78 Å². The molecule has 0 fully saturated rings. The van der Waals surface area contributed by atoms with E-state index in [1.165, 1.54) is 25.7 Å². The van der Waals surface area contributed by atoms with Crippen molar-refractivity contribution in [1.82, 2.24) is 9.88 Å². The van der Waals surface area contributed by atoms with E-state index < -0.39 is 0 Å². The first-order valence-corrected chi connectivity index (χ1v) is 8.58. The highest BCUT2D eigenvalue weighted by Crippen LogP contribution is 2.19. The highest BCUT2D eigenvalue weighted by atomic mass is 16.1. The number of para-hydroxylation sites is 1. The van der Waals surface area contributed by atoms with Gasteiger partial charge in [-0.25, -0.2) is 0 Å². The maximum absolute atomic E-state index is 12.5. The van der Waals surface area contributed by atoms with Crippen LogP contribution in [0.15, 0.2) is 30.5 Å². The van der Waals surface area contributed by atoms with Gasteiger partial charge in [0.25, 0.3) is 0 Å². The Morgan fingerprint density at radius 1 is 1.05 bits per heavy atom. The zero-order chi connectivity index (χ0) is 15.8. The van der Waals surface area contributed by atoms with E-state index in [1.807, 2.05) is 30.5 Å². The number of Topliss-reactive ketones (excluding diaryl/α,β-unsaturated/α-hetero) is 1. The van der Waals surface area contributed by atoms with E-state index in [0.717, 1.165) is 36.1 Å². The van der Waals surface area contributed by atoms with Gasteiger partial charge in [-0.15, -0.1) is 0 Å². The molecule has 0 radical (unpaired) electrons. The van der Waals surface area contributed by atoms with Crippen molar-refractivity contribution in [3.63, 3.8) is 0 Å². The smallest absolute Gasteiger partial charge is 0.166 e. The molecule has 0 spiro atoms. The van der Waals surface area contributed by atoms with Gasteiger partial charge in [0.15, 0.2) is 5.78 Å². The van der Waals surface area contributed by atoms with Crippen LogP contribution in [0.1, 0.15) is 56.3 Å². The SMILES string of the molecule is CCCCN(CCCC)CCC(=O)c1c[nH]c2ccccc12. The first kappa shape index (κ1) is 16.8. The number of unbranched alkanes of at least 4 members (excludes halogenated alkanes) is 2. The van der Waals surface area contributed by atoms with Gasteiger partial charge in [-0.05, 0) is 32.0 Å². The molecule has 0 amide bonds. The predicted molar refractivity (Wildman–Crippen MR) is 93.5 cm³/mol. The fourth-order valence-corrected chi connectivity index (χ4v) is 2.80. The van der Waals surface area contributed by atoms with Gasteiger partial charge in [0.2, 0.25) is 0 Å². The number of nitrogens with zero attached hydrogens (tertiary/aromatic N) is 1. The van der Waals surface area contributed by atoms with Crippen molar-refractivity contribution in [3.05, 3.63) is 36.0 Å². The van der Waals surface area contributed by atoms with Gasteiger partial charge < -0.3 is 9.88 Å². The fourth-order valence-electron chi connectivity index (χ4n) is 2.80. The van der Waals surface area contributed by atoms with Gasteiger partial charge in [0.05, 0.1) is 0 Å². The van der Waals surface area contributed by atoms with Gasteiger partial charge in [-0.2, -0.15) is 0 Å². The van der Waals surface area contributed by atoms with Crippen molar-refractivity contribution < 1.29 is 4.79 Å². The molecular weight excluding hydrogens is 272 g/mol. The van der Waals surface area contributed by atoms with Crippen LogP contribution in [0.2, 0.25) is 0 Å². The molecule has 0 saturated carbocycles. The molecule has 2 rings (SSSR count). The van der Waals surface area contributed by atoms with E-state index in [1.54, 1.807) is 0 Å². The topological polar surface area (TPSA) is 36.1 Å². The second kappa shape index (κ2) is 8.74. The van der Waals surface area contributed by atoms with E-state index in [9.17, 15) is 4.79 Å². The van der Waals surface area contributed by atoms with Crippen LogP contribution in [0, 0.1) is 0 Å². The molecular formula is C19H28N2O. The molecule has 0 unspecified atom stereocenters. The van der Waals surface area contributed by atoms with Crippen LogP contribution >= 0.6 is 0 Å². The zero-order valence-electron chi connectivity index (χ0n) is 13.9. The number of H-pyrrole nitrogens is 1. The molecule has 0 aliphatic carbocycles. The summed E-state index contributed by atoms with van der Waals surface area (Å²) in [6.45, 7) is 7.53. The third-order valence-corrected chi connectivity index (χ3v) is 4.20. The molecule has 0 atom stereocenters. The molecule has 120 valence electrons. The molecule has 22 heavy (non-hydrogen) atoms. The van der Waals surface area contributed by atoms with Crippen LogP contribution in [0.25, 0.3) is 10.9 Å². The lowest BCUT2D eigenvalue weighted by Gasteiger charge is -2.21. The standard InChI is InChI=1S/C19H28N2O/c1-3-5-12-21(13-6-4-2)14-11-19(22)17-15-20-18-10-8-7-9-16(17)18/h7-10,15,20H,3-6,11-14H2,1-2H3. The first-order chi connectivity index (χ1) is 10.8. The van der Waals surface area contributed by atoms with Crippen LogP contribution in [-0.4, -0.2) is 35.3 Å². The molecule has 3 heteroatoms. The van der Waals surface area contributed by atoms with Gasteiger partial charge in [-0.3, -0.25) is 4.79 Å². The van der Waals surface area contributed by atoms with Gasteiger partial charge in [0, 0.05) is 35.6 Å². The van der Waals surface area contributed by atoms with Crippen LogP contribution in [-0.2, 0) is 0 Å². The fraction of sp³-hybridized carbons (Fsp3) is 0.526. The number of rotatable bonds is 10. The van der Waals surface area contributed by atoms with E-state index in [4.69, 9.17) is 0 Å². The molecule has 0 bridgehead atoms. The molecule has 0 aliphatic heterocycles. The predicted octanol–water partition coefficient (Wildman–Crippen LogP) is 4.64. The minimum Gasteiger partial charge on any atom is -0.360 e. The van der Waals surface area contributed by atoms with Crippen molar-refractivity contribution in [2.75, 3.05) is 19.6 Å². The minimum absolute atomic E-state index is 0.246. The number of benzene rings is 1. The second-order valence-corrected chi connectivity index (χ2v) is 5.97. The summed E-state index contributed by atoms with van der Waals surface area (Å²) < 4.78 is 0. The van der Waals surface area contributed by atoms with Gasteiger partial charge >= 0.3 is 0 Å². The molecule has 1 aromatic carbocycles. The Morgan fingerprint density at radius 2 is 1.73 bits per heavy atom. The number of carbonyl (C=O) groups excluding carboxylic acids is 1. The Kier molecular flexibility index (Phi) is 6.66. The normalized spacial score (nSPS) is 11.4.